The van der Waals surface area contributed by atoms with Crippen LogP contribution in [0.15, 0.2) is 0 Å². The van der Waals surface area contributed by atoms with Gasteiger partial charge in [0.25, 0.3) is 0 Å². The van der Waals surface area contributed by atoms with Gasteiger partial charge in [0.1, 0.15) is 0 Å². The molecule has 0 amide bonds. The van der Waals surface area contributed by atoms with Crippen LogP contribution in [0, 0.1) is 11.5 Å². The molecule has 0 atom stereocenters. The molecule has 9 heavy (non-hydrogen) atoms. The van der Waals surface area contributed by atoms with Gasteiger partial charge in [-0.3, -0.25) is 0 Å². The zero-order chi connectivity index (χ0) is 6.69. The molecule has 3 nitrogen and oxygen atoms in total. The maximum absolute atomic E-state index is 8.43. The van der Waals surface area contributed by atoms with E-state index in [9.17, 15) is 0 Å². The molecular formula is C6H11N3. The molecule has 1 aliphatic heterocycles. The normalized spacial score (nSPS) is 21.6. The summed E-state index contributed by atoms with van der Waals surface area (Å²) in [5, 5.41) is 8.43. The number of nitriles is 1. The molecule has 0 aromatic rings. The van der Waals surface area contributed by atoms with Crippen LogP contribution in [0.5, 0.6) is 0 Å². The molecule has 1 saturated heterocycles. The summed E-state index contributed by atoms with van der Waals surface area (Å²) in [7, 11) is 2.08. The van der Waals surface area contributed by atoms with E-state index in [2.05, 4.69) is 18.1 Å². The van der Waals surface area contributed by atoms with Crippen LogP contribution in [0.2, 0.25) is 0 Å². The molecule has 3 heteroatoms. The first kappa shape index (κ1) is 6.37. The molecule has 0 aromatic carbocycles. The van der Waals surface area contributed by atoms with Crippen molar-refractivity contribution in [2.45, 2.75) is 0 Å². The lowest BCUT2D eigenvalue weighted by Gasteiger charge is -2.28. The highest BCUT2D eigenvalue weighted by molar-refractivity contribution is 4.79. The highest BCUT2D eigenvalue weighted by Gasteiger charge is 2.10. The Labute approximate surface area is 55.5 Å². The van der Waals surface area contributed by atoms with Crippen molar-refractivity contribution in [1.82, 2.24) is 9.80 Å². The van der Waals surface area contributed by atoms with Gasteiger partial charge in [0.2, 0.25) is 0 Å². The fraction of sp³-hybridized carbons (Fsp3) is 0.833. The number of likely N-dealkylation sites (N-methyl/N-ethyl adjacent to an activating group) is 1. The van der Waals surface area contributed by atoms with Crippen LogP contribution in [0.4, 0.5) is 0 Å². The summed E-state index contributed by atoms with van der Waals surface area (Å²) < 4.78 is 0. The van der Waals surface area contributed by atoms with Crippen LogP contribution in [-0.2, 0) is 0 Å². The molecule has 0 saturated carbocycles. The van der Waals surface area contributed by atoms with Crippen LogP contribution in [0.3, 0.4) is 0 Å². The van der Waals surface area contributed by atoms with Crippen molar-refractivity contribution in [3.8, 4) is 6.19 Å². The van der Waals surface area contributed by atoms with E-state index in [4.69, 9.17) is 5.26 Å². The molecule has 50 valence electrons. The van der Waals surface area contributed by atoms with E-state index in [1.165, 1.54) is 0 Å². The van der Waals surface area contributed by atoms with Gasteiger partial charge in [0, 0.05) is 26.2 Å². The van der Waals surface area contributed by atoms with Crippen molar-refractivity contribution >= 4 is 0 Å². The van der Waals surface area contributed by atoms with Crippen molar-refractivity contribution in [2.75, 3.05) is 33.2 Å². The minimum atomic E-state index is 0.896. The van der Waals surface area contributed by atoms with Gasteiger partial charge in [-0.15, -0.1) is 0 Å². The Balaban J connectivity index is 2.28. The second-order valence-electron chi connectivity index (χ2n) is 2.39. The average Bonchev–Trinajstić information content (AvgIpc) is 1.90. The second kappa shape index (κ2) is 2.70. The Morgan fingerprint density at radius 2 is 1.78 bits per heavy atom. The summed E-state index contributed by atoms with van der Waals surface area (Å²) >= 11 is 0. The van der Waals surface area contributed by atoms with Gasteiger partial charge in [-0.25, -0.2) is 0 Å². The van der Waals surface area contributed by atoms with E-state index in [1.807, 2.05) is 0 Å². The van der Waals surface area contributed by atoms with Crippen molar-refractivity contribution in [2.24, 2.45) is 0 Å². The third-order valence-corrected chi connectivity index (χ3v) is 1.64. The zero-order valence-electron chi connectivity index (χ0n) is 5.67. The molecule has 0 aliphatic carbocycles. The summed E-state index contributed by atoms with van der Waals surface area (Å²) in [4.78, 5) is 4.02. The third kappa shape index (κ3) is 1.58. The summed E-state index contributed by atoms with van der Waals surface area (Å²) in [6.45, 7) is 3.83. The van der Waals surface area contributed by atoms with Gasteiger partial charge in [0.05, 0.1) is 0 Å². The first-order chi connectivity index (χ1) is 4.33. The predicted molar refractivity (Wildman–Crippen MR) is 34.7 cm³/mol. The number of piperazine rings is 1. The third-order valence-electron chi connectivity index (χ3n) is 1.64. The molecule has 1 rings (SSSR count). The maximum Gasteiger partial charge on any atom is 0.179 e. The maximum atomic E-state index is 8.43. The van der Waals surface area contributed by atoms with E-state index in [0.717, 1.165) is 26.2 Å². The molecule has 0 spiro atoms. The monoisotopic (exact) mass is 125 g/mol. The average molecular weight is 125 g/mol. The van der Waals surface area contributed by atoms with Crippen molar-refractivity contribution in [3.63, 3.8) is 0 Å². The topological polar surface area (TPSA) is 30.3 Å². The van der Waals surface area contributed by atoms with Gasteiger partial charge in [-0.2, -0.15) is 5.26 Å². The Morgan fingerprint density at radius 1 is 1.22 bits per heavy atom. The van der Waals surface area contributed by atoms with Gasteiger partial charge in [-0.1, -0.05) is 0 Å². The number of rotatable bonds is 0. The fourth-order valence-corrected chi connectivity index (χ4v) is 0.906. The molecule has 1 heterocycles. The van der Waals surface area contributed by atoms with Crippen LogP contribution in [-0.4, -0.2) is 43.0 Å². The predicted octanol–water partition coefficient (Wildman–Crippen LogP) is -0.285. The van der Waals surface area contributed by atoms with Gasteiger partial charge >= 0.3 is 0 Å². The second-order valence-corrected chi connectivity index (χ2v) is 2.39. The van der Waals surface area contributed by atoms with Crippen LogP contribution >= 0.6 is 0 Å². The molecule has 0 bridgehead atoms. The molecule has 0 aromatic heterocycles. The lowest BCUT2D eigenvalue weighted by molar-refractivity contribution is 0.205. The van der Waals surface area contributed by atoms with E-state index in [0.29, 0.717) is 0 Å². The Hall–Kier alpha value is -0.750. The minimum Gasteiger partial charge on any atom is -0.308 e. The number of hydrogen-bond acceptors (Lipinski definition) is 3. The van der Waals surface area contributed by atoms with Crippen molar-refractivity contribution < 1.29 is 0 Å². The summed E-state index contributed by atoms with van der Waals surface area (Å²) in [5.41, 5.74) is 0. The highest BCUT2D eigenvalue weighted by atomic mass is 15.2. The largest absolute Gasteiger partial charge is 0.308 e. The van der Waals surface area contributed by atoms with Crippen LogP contribution in [0.25, 0.3) is 0 Å². The molecule has 1 aliphatic rings. The Morgan fingerprint density at radius 3 is 2.22 bits per heavy atom. The van der Waals surface area contributed by atoms with Crippen LogP contribution < -0.4 is 0 Å². The summed E-state index contributed by atoms with van der Waals surface area (Å²) in [5.74, 6) is 0. The van der Waals surface area contributed by atoms with Gasteiger partial charge < -0.3 is 9.80 Å². The molecule has 1 fully saturated rings. The highest BCUT2D eigenvalue weighted by Crippen LogP contribution is 1.95. The first-order valence-corrected chi connectivity index (χ1v) is 3.16. The summed E-state index contributed by atoms with van der Waals surface area (Å²) in [6, 6.07) is 0. The fourth-order valence-electron chi connectivity index (χ4n) is 0.906. The van der Waals surface area contributed by atoms with E-state index in [1.54, 1.807) is 4.90 Å². The summed E-state index contributed by atoms with van der Waals surface area (Å²) in [6.07, 6.45) is 2.13. The zero-order valence-corrected chi connectivity index (χ0v) is 5.67. The quantitative estimate of drug-likeness (QED) is 0.417. The first-order valence-electron chi connectivity index (χ1n) is 3.16. The van der Waals surface area contributed by atoms with Crippen LogP contribution in [0.1, 0.15) is 0 Å². The van der Waals surface area contributed by atoms with Crippen molar-refractivity contribution in [3.05, 3.63) is 0 Å². The molecule has 0 N–H and O–H groups in total. The standard InChI is InChI=1S/C6H11N3/c1-8-2-4-9(6-7)5-3-8/h2-5H2,1H3. The van der Waals surface area contributed by atoms with Gasteiger partial charge in [0.15, 0.2) is 6.19 Å². The van der Waals surface area contributed by atoms with E-state index < -0.39 is 0 Å². The lowest BCUT2D eigenvalue weighted by Crippen LogP contribution is -2.41. The van der Waals surface area contributed by atoms with Crippen molar-refractivity contribution in [1.29, 1.82) is 5.26 Å². The number of hydrogen-bond donors (Lipinski definition) is 0. The minimum absolute atomic E-state index is 0.896. The lowest BCUT2D eigenvalue weighted by atomic mass is 10.4. The van der Waals surface area contributed by atoms with Gasteiger partial charge in [-0.05, 0) is 7.05 Å². The number of nitrogens with zero attached hydrogens (tertiary/aromatic N) is 3. The Bertz CT molecular complexity index is 119. The Kier molecular flexibility index (Phi) is 1.91. The molecule has 0 radical (unpaired) electrons. The smallest absolute Gasteiger partial charge is 0.179 e. The van der Waals surface area contributed by atoms with E-state index >= 15 is 0 Å². The SMILES string of the molecule is CN1CCN(C#N)CC1. The molecular weight excluding hydrogens is 114 g/mol. The van der Waals surface area contributed by atoms with E-state index in [-0.39, 0.29) is 0 Å². The molecule has 0 unspecified atom stereocenters.